The quantitative estimate of drug-likeness (QED) is 0.713. The van der Waals surface area contributed by atoms with E-state index in [0.29, 0.717) is 0 Å². The van der Waals surface area contributed by atoms with Crippen LogP contribution in [0.15, 0.2) is 18.5 Å². The molecule has 1 aromatic rings. The van der Waals surface area contributed by atoms with Crippen LogP contribution in [0.3, 0.4) is 0 Å². The molecule has 1 aliphatic carbocycles. The first-order chi connectivity index (χ1) is 6.80. The van der Waals surface area contributed by atoms with Gasteiger partial charge in [0.1, 0.15) is 5.75 Å². The molecule has 3 nitrogen and oxygen atoms in total. The van der Waals surface area contributed by atoms with E-state index >= 15 is 0 Å². The summed E-state index contributed by atoms with van der Waals surface area (Å²) < 4.78 is 5.09. The summed E-state index contributed by atoms with van der Waals surface area (Å²) in [6.45, 7) is 0. The van der Waals surface area contributed by atoms with E-state index in [1.54, 1.807) is 19.5 Å². The average Bonchev–Trinajstić information content (AvgIpc) is 2.18. The number of nitrogens with zero attached hydrogens (tertiary/aromatic N) is 2. The number of nitriles is 1. The van der Waals surface area contributed by atoms with E-state index in [1.165, 1.54) is 0 Å². The Hall–Kier alpha value is -1.56. The van der Waals surface area contributed by atoms with Crippen LogP contribution in [0.25, 0.3) is 0 Å². The van der Waals surface area contributed by atoms with Gasteiger partial charge in [0.15, 0.2) is 0 Å². The third-order valence-electron chi connectivity index (χ3n) is 2.92. The second kappa shape index (κ2) is 3.30. The molecule has 0 radical (unpaired) electrons. The van der Waals surface area contributed by atoms with Gasteiger partial charge in [0.05, 0.1) is 24.8 Å². The number of hydrogen-bond donors (Lipinski definition) is 0. The molecule has 0 N–H and O–H groups in total. The van der Waals surface area contributed by atoms with E-state index in [4.69, 9.17) is 10.00 Å². The molecule has 0 bridgehead atoms. The van der Waals surface area contributed by atoms with Gasteiger partial charge >= 0.3 is 0 Å². The summed E-state index contributed by atoms with van der Waals surface area (Å²) in [5.41, 5.74) is 0.701. The zero-order valence-electron chi connectivity index (χ0n) is 8.16. The molecule has 0 amide bonds. The lowest BCUT2D eigenvalue weighted by Crippen LogP contribution is -2.32. The Morgan fingerprint density at radius 2 is 2.29 bits per heavy atom. The lowest BCUT2D eigenvalue weighted by molar-refractivity contribution is 0.321. The van der Waals surface area contributed by atoms with Gasteiger partial charge in [-0.1, -0.05) is 0 Å². The molecule has 0 saturated heterocycles. The van der Waals surface area contributed by atoms with Crippen LogP contribution in [0.5, 0.6) is 5.75 Å². The van der Waals surface area contributed by atoms with Crippen molar-refractivity contribution in [2.45, 2.75) is 24.7 Å². The van der Waals surface area contributed by atoms with Crippen LogP contribution in [-0.4, -0.2) is 12.1 Å². The summed E-state index contributed by atoms with van der Waals surface area (Å²) in [6, 6.07) is 4.30. The molecule has 0 aliphatic heterocycles. The van der Waals surface area contributed by atoms with Gasteiger partial charge in [0, 0.05) is 6.20 Å². The third-order valence-corrected chi connectivity index (χ3v) is 2.92. The highest BCUT2D eigenvalue weighted by Crippen LogP contribution is 2.43. The van der Waals surface area contributed by atoms with Gasteiger partial charge in [-0.05, 0) is 30.9 Å². The summed E-state index contributed by atoms with van der Waals surface area (Å²) in [5.74, 6) is 0.726. The first-order valence-corrected chi connectivity index (χ1v) is 4.71. The minimum absolute atomic E-state index is 0.290. The number of rotatable bonds is 2. The van der Waals surface area contributed by atoms with Crippen molar-refractivity contribution in [3.05, 3.63) is 24.0 Å². The highest BCUT2D eigenvalue weighted by molar-refractivity contribution is 5.37. The van der Waals surface area contributed by atoms with Gasteiger partial charge in [-0.2, -0.15) is 5.26 Å². The minimum atomic E-state index is -0.290. The Balaban J connectivity index is 2.36. The Morgan fingerprint density at radius 3 is 2.79 bits per heavy atom. The summed E-state index contributed by atoms with van der Waals surface area (Å²) in [5, 5.41) is 9.13. The van der Waals surface area contributed by atoms with Crippen molar-refractivity contribution >= 4 is 0 Å². The molecule has 0 atom stereocenters. The number of methoxy groups -OCH3 is 1. The van der Waals surface area contributed by atoms with Crippen molar-refractivity contribution in [1.29, 1.82) is 5.26 Å². The van der Waals surface area contributed by atoms with Crippen molar-refractivity contribution in [1.82, 2.24) is 4.98 Å². The molecule has 72 valence electrons. The van der Waals surface area contributed by atoms with Gasteiger partial charge in [-0.3, -0.25) is 4.98 Å². The number of aromatic nitrogens is 1. The van der Waals surface area contributed by atoms with Crippen molar-refractivity contribution in [3.8, 4) is 11.8 Å². The Labute approximate surface area is 83.3 Å². The molecule has 3 heteroatoms. The standard InChI is InChI=1S/C11H12N2O/c1-14-10-5-9(6-13-7-10)11(8-12)3-2-4-11/h5-7H,2-4H2,1H3. The smallest absolute Gasteiger partial charge is 0.137 e. The topological polar surface area (TPSA) is 45.9 Å². The molecular weight excluding hydrogens is 176 g/mol. The SMILES string of the molecule is COc1cncc(C2(C#N)CCC2)c1. The monoisotopic (exact) mass is 188 g/mol. The maximum Gasteiger partial charge on any atom is 0.137 e. The van der Waals surface area contributed by atoms with Crippen LogP contribution < -0.4 is 4.74 Å². The lowest BCUT2D eigenvalue weighted by atomic mass is 9.66. The van der Waals surface area contributed by atoms with Gasteiger partial charge in [0.25, 0.3) is 0 Å². The van der Waals surface area contributed by atoms with Crippen molar-refractivity contribution in [3.63, 3.8) is 0 Å². The molecule has 1 fully saturated rings. The van der Waals surface area contributed by atoms with Crippen LogP contribution in [0.4, 0.5) is 0 Å². The molecule has 0 spiro atoms. The van der Waals surface area contributed by atoms with Crippen molar-refractivity contribution < 1.29 is 4.74 Å². The molecule has 1 aliphatic rings. The highest BCUT2D eigenvalue weighted by atomic mass is 16.5. The first kappa shape index (κ1) is 9.01. The Morgan fingerprint density at radius 1 is 1.50 bits per heavy atom. The number of ether oxygens (including phenoxy) is 1. The van der Waals surface area contributed by atoms with Crippen molar-refractivity contribution in [2.24, 2.45) is 0 Å². The van der Waals surface area contributed by atoms with E-state index in [-0.39, 0.29) is 5.41 Å². The van der Waals surface area contributed by atoms with Gasteiger partial charge in [-0.25, -0.2) is 0 Å². The lowest BCUT2D eigenvalue weighted by Gasteiger charge is -2.35. The Kier molecular flexibility index (Phi) is 2.12. The third kappa shape index (κ3) is 1.24. The normalized spacial score (nSPS) is 18.0. The minimum Gasteiger partial charge on any atom is -0.495 e. The van der Waals surface area contributed by atoms with Crippen LogP contribution in [0, 0.1) is 11.3 Å². The van der Waals surface area contributed by atoms with Crippen LogP contribution in [-0.2, 0) is 5.41 Å². The molecule has 1 heterocycles. The summed E-state index contributed by atoms with van der Waals surface area (Å²) >= 11 is 0. The molecule has 0 unspecified atom stereocenters. The van der Waals surface area contributed by atoms with E-state index < -0.39 is 0 Å². The predicted molar refractivity (Wildman–Crippen MR) is 51.9 cm³/mol. The van der Waals surface area contributed by atoms with Gasteiger partial charge in [0.2, 0.25) is 0 Å². The van der Waals surface area contributed by atoms with E-state index in [1.807, 2.05) is 6.07 Å². The van der Waals surface area contributed by atoms with Crippen LogP contribution in [0.1, 0.15) is 24.8 Å². The fraction of sp³-hybridized carbons (Fsp3) is 0.455. The fourth-order valence-electron chi connectivity index (χ4n) is 1.79. The van der Waals surface area contributed by atoms with Crippen LogP contribution >= 0.6 is 0 Å². The molecular formula is C11H12N2O. The van der Waals surface area contributed by atoms with E-state index in [0.717, 1.165) is 30.6 Å². The van der Waals surface area contributed by atoms with E-state index in [9.17, 15) is 0 Å². The van der Waals surface area contributed by atoms with Crippen LogP contribution in [0.2, 0.25) is 0 Å². The number of hydrogen-bond acceptors (Lipinski definition) is 3. The Bertz CT molecular complexity index is 377. The predicted octanol–water partition coefficient (Wildman–Crippen LogP) is 2.04. The highest BCUT2D eigenvalue weighted by Gasteiger charge is 2.39. The average molecular weight is 188 g/mol. The maximum absolute atomic E-state index is 9.13. The zero-order valence-corrected chi connectivity index (χ0v) is 8.16. The molecule has 1 aromatic heterocycles. The molecule has 1 saturated carbocycles. The van der Waals surface area contributed by atoms with E-state index in [2.05, 4.69) is 11.1 Å². The molecule has 0 aromatic carbocycles. The van der Waals surface area contributed by atoms with Crippen molar-refractivity contribution in [2.75, 3.05) is 7.11 Å². The number of pyridine rings is 1. The van der Waals surface area contributed by atoms with Gasteiger partial charge in [-0.15, -0.1) is 0 Å². The maximum atomic E-state index is 9.13. The second-order valence-corrected chi connectivity index (χ2v) is 3.66. The summed E-state index contributed by atoms with van der Waals surface area (Å²) in [7, 11) is 1.61. The summed E-state index contributed by atoms with van der Waals surface area (Å²) in [6.07, 6.45) is 6.44. The molecule has 2 rings (SSSR count). The second-order valence-electron chi connectivity index (χ2n) is 3.66. The first-order valence-electron chi connectivity index (χ1n) is 4.71. The zero-order chi connectivity index (χ0) is 10.0. The summed E-state index contributed by atoms with van der Waals surface area (Å²) in [4.78, 5) is 4.08. The van der Waals surface area contributed by atoms with Gasteiger partial charge < -0.3 is 4.74 Å². The largest absolute Gasteiger partial charge is 0.495 e. The fourth-order valence-corrected chi connectivity index (χ4v) is 1.79. The molecule has 14 heavy (non-hydrogen) atoms.